The highest BCUT2D eigenvalue weighted by molar-refractivity contribution is 6.15. The smallest absolute Gasteiger partial charge is 0.271 e. The van der Waals surface area contributed by atoms with Crippen LogP contribution in [0.2, 0.25) is 0 Å². The molecule has 1 atom stereocenters. The lowest BCUT2D eigenvalue weighted by Gasteiger charge is -2.29. The monoisotopic (exact) mass is 385 g/mol. The molecule has 2 aromatic rings. The summed E-state index contributed by atoms with van der Waals surface area (Å²) in [6.07, 6.45) is 2.09. The van der Waals surface area contributed by atoms with E-state index in [4.69, 9.17) is 0 Å². The summed E-state index contributed by atoms with van der Waals surface area (Å²) >= 11 is 0. The summed E-state index contributed by atoms with van der Waals surface area (Å²) in [5.74, 6) is -1.59. The van der Waals surface area contributed by atoms with E-state index in [0.29, 0.717) is 12.0 Å². The van der Waals surface area contributed by atoms with Gasteiger partial charge in [-0.15, -0.1) is 0 Å². The fraction of sp³-hybridized carbons (Fsp3) is 0.250. The van der Waals surface area contributed by atoms with Gasteiger partial charge in [0.05, 0.1) is 11.6 Å². The summed E-state index contributed by atoms with van der Waals surface area (Å²) in [7, 11) is 0. The fourth-order valence-corrected chi connectivity index (χ4v) is 3.43. The second kappa shape index (κ2) is 8.66. The van der Waals surface area contributed by atoms with Gasteiger partial charge in [-0.2, -0.15) is 5.26 Å². The molecule has 2 amide bonds. The molecule has 29 heavy (non-hydrogen) atoms. The van der Waals surface area contributed by atoms with Crippen molar-refractivity contribution in [3.63, 3.8) is 0 Å². The summed E-state index contributed by atoms with van der Waals surface area (Å²) in [5.41, 5.74) is 4.40. The minimum Gasteiger partial charge on any atom is -0.277 e. The van der Waals surface area contributed by atoms with E-state index in [1.165, 1.54) is 4.90 Å². The summed E-state index contributed by atoms with van der Waals surface area (Å²) < 4.78 is 0. The largest absolute Gasteiger partial charge is 0.277 e. The van der Waals surface area contributed by atoms with E-state index < -0.39 is 11.8 Å². The molecule has 1 heterocycles. The summed E-state index contributed by atoms with van der Waals surface area (Å²) in [4.78, 5) is 31.4. The van der Waals surface area contributed by atoms with Crippen LogP contribution in [0.4, 0.5) is 5.69 Å². The van der Waals surface area contributed by atoms with Crippen molar-refractivity contribution in [3.8, 4) is 6.07 Å². The van der Waals surface area contributed by atoms with Crippen molar-refractivity contribution in [2.75, 3.05) is 6.54 Å². The van der Waals surface area contributed by atoms with E-state index in [-0.39, 0.29) is 18.0 Å². The molecule has 0 aromatic heterocycles. The lowest BCUT2D eigenvalue weighted by atomic mass is 9.90. The van der Waals surface area contributed by atoms with Gasteiger partial charge in [0.25, 0.3) is 5.91 Å². The van der Waals surface area contributed by atoms with Crippen molar-refractivity contribution in [1.82, 2.24) is 4.90 Å². The first kappa shape index (κ1) is 20.2. The van der Waals surface area contributed by atoms with Gasteiger partial charge in [-0.05, 0) is 50.0 Å². The second-order valence-electron chi connectivity index (χ2n) is 7.25. The molecule has 1 unspecified atom stereocenters. The number of amides is 2. The van der Waals surface area contributed by atoms with Crippen LogP contribution < -0.4 is 0 Å². The van der Waals surface area contributed by atoms with Crippen LogP contribution in [0, 0.1) is 31.1 Å². The predicted molar refractivity (Wildman–Crippen MR) is 113 cm³/mol. The van der Waals surface area contributed by atoms with Gasteiger partial charge in [0, 0.05) is 12.8 Å². The van der Waals surface area contributed by atoms with E-state index in [1.54, 1.807) is 13.1 Å². The Hall–Kier alpha value is -3.52. The highest BCUT2D eigenvalue weighted by atomic mass is 16.2. The number of aliphatic imine (C=N–C) groups is 1. The molecule has 0 N–H and O–H groups in total. The van der Waals surface area contributed by atoms with Crippen molar-refractivity contribution < 1.29 is 9.59 Å². The molecular weight excluding hydrogens is 362 g/mol. The van der Waals surface area contributed by atoms with Gasteiger partial charge >= 0.3 is 0 Å². The van der Waals surface area contributed by atoms with Crippen molar-refractivity contribution in [2.24, 2.45) is 10.9 Å². The molecule has 2 aromatic carbocycles. The number of nitriles is 1. The highest BCUT2D eigenvalue weighted by Gasteiger charge is 2.38. The molecule has 5 heteroatoms. The van der Waals surface area contributed by atoms with Crippen LogP contribution in [0.3, 0.4) is 0 Å². The number of benzene rings is 2. The number of hydrogen-bond acceptors (Lipinski definition) is 4. The van der Waals surface area contributed by atoms with Crippen LogP contribution in [0.1, 0.15) is 23.6 Å². The van der Waals surface area contributed by atoms with Crippen molar-refractivity contribution >= 4 is 23.7 Å². The van der Waals surface area contributed by atoms with Crippen LogP contribution in [0.15, 0.2) is 64.7 Å². The average molecular weight is 385 g/mol. The summed E-state index contributed by atoms with van der Waals surface area (Å²) in [6, 6.07) is 17.5. The zero-order valence-corrected chi connectivity index (χ0v) is 16.8. The number of imide groups is 1. The number of hydrogen-bond donors (Lipinski definition) is 0. The molecule has 0 fully saturated rings. The Morgan fingerprint density at radius 1 is 1.10 bits per heavy atom. The summed E-state index contributed by atoms with van der Waals surface area (Å²) in [5, 5.41) is 9.49. The lowest BCUT2D eigenvalue weighted by Crippen LogP contribution is -2.47. The van der Waals surface area contributed by atoms with Gasteiger partial charge in [-0.25, -0.2) is 0 Å². The van der Waals surface area contributed by atoms with Gasteiger partial charge in [0.15, 0.2) is 0 Å². The van der Waals surface area contributed by atoms with Gasteiger partial charge in [-0.1, -0.05) is 48.0 Å². The molecule has 1 aliphatic heterocycles. The highest BCUT2D eigenvalue weighted by Crippen LogP contribution is 2.26. The third-order valence-corrected chi connectivity index (χ3v) is 5.15. The molecular formula is C24H23N3O2. The van der Waals surface area contributed by atoms with Crippen molar-refractivity contribution in [1.29, 1.82) is 5.26 Å². The number of aryl methyl sites for hydroxylation is 2. The van der Waals surface area contributed by atoms with E-state index in [1.807, 2.05) is 68.4 Å². The number of rotatable bonds is 5. The van der Waals surface area contributed by atoms with Crippen LogP contribution in [-0.2, 0) is 16.0 Å². The summed E-state index contributed by atoms with van der Waals surface area (Å²) in [6.45, 7) is 5.85. The average Bonchev–Trinajstić information content (AvgIpc) is 2.70. The third kappa shape index (κ3) is 4.33. The number of carbonyl (C=O) groups excluding carboxylic acids is 2. The molecule has 3 rings (SSSR count). The first-order valence-corrected chi connectivity index (χ1v) is 9.54. The van der Waals surface area contributed by atoms with Gasteiger partial charge in [-0.3, -0.25) is 19.5 Å². The van der Waals surface area contributed by atoms with E-state index in [2.05, 4.69) is 4.99 Å². The Bertz CT molecular complexity index is 1050. The minimum atomic E-state index is -0.723. The normalized spacial score (nSPS) is 17.2. The zero-order valence-electron chi connectivity index (χ0n) is 16.8. The first-order chi connectivity index (χ1) is 13.9. The molecule has 0 saturated heterocycles. The van der Waals surface area contributed by atoms with E-state index >= 15 is 0 Å². The molecule has 0 saturated carbocycles. The van der Waals surface area contributed by atoms with Gasteiger partial charge in [0.1, 0.15) is 11.6 Å². The Balaban J connectivity index is 1.88. The first-order valence-electron chi connectivity index (χ1n) is 9.54. The fourth-order valence-electron chi connectivity index (χ4n) is 3.43. The molecule has 0 radical (unpaired) electrons. The maximum absolute atomic E-state index is 13.1. The molecule has 146 valence electrons. The maximum atomic E-state index is 13.1. The van der Waals surface area contributed by atoms with E-state index in [9.17, 15) is 14.9 Å². The standard InChI is InChI=1S/C24H23N3O2/c1-16-9-10-22(17(2)13-16)26-15-21-18(3)20(14-25)23(28)27(24(21)29)12-11-19-7-5-4-6-8-19/h4-10,13,15,21H,11-12H2,1-3H3. The van der Waals surface area contributed by atoms with Crippen LogP contribution in [0.25, 0.3) is 0 Å². The van der Waals surface area contributed by atoms with Gasteiger partial charge in [0.2, 0.25) is 5.91 Å². The molecule has 0 spiro atoms. The molecule has 5 nitrogen and oxygen atoms in total. The quantitative estimate of drug-likeness (QED) is 0.575. The predicted octanol–water partition coefficient (Wildman–Crippen LogP) is 4.07. The zero-order chi connectivity index (χ0) is 21.0. The number of nitrogens with zero attached hydrogens (tertiary/aromatic N) is 3. The Morgan fingerprint density at radius 3 is 2.48 bits per heavy atom. The third-order valence-electron chi connectivity index (χ3n) is 5.15. The van der Waals surface area contributed by atoms with Crippen LogP contribution in [0.5, 0.6) is 0 Å². The molecule has 1 aliphatic rings. The topological polar surface area (TPSA) is 73.5 Å². The van der Waals surface area contributed by atoms with Gasteiger partial charge < -0.3 is 0 Å². The van der Waals surface area contributed by atoms with Crippen LogP contribution in [-0.4, -0.2) is 29.5 Å². The Kier molecular flexibility index (Phi) is 6.04. The second-order valence-corrected chi connectivity index (χ2v) is 7.25. The lowest BCUT2D eigenvalue weighted by molar-refractivity contribution is -0.144. The van der Waals surface area contributed by atoms with Crippen molar-refractivity contribution in [3.05, 3.63) is 76.4 Å². The minimum absolute atomic E-state index is 0.0229. The maximum Gasteiger partial charge on any atom is 0.271 e. The number of carbonyl (C=O) groups is 2. The van der Waals surface area contributed by atoms with Crippen LogP contribution >= 0.6 is 0 Å². The van der Waals surface area contributed by atoms with Crippen molar-refractivity contribution in [2.45, 2.75) is 27.2 Å². The Morgan fingerprint density at radius 2 is 1.83 bits per heavy atom. The molecule has 0 bridgehead atoms. The SMILES string of the molecule is CC1=C(C#N)C(=O)N(CCc2ccccc2)C(=O)C1C=Nc1ccc(C)cc1C. The Labute approximate surface area is 171 Å². The molecule has 0 aliphatic carbocycles. The van der Waals surface area contributed by atoms with E-state index in [0.717, 1.165) is 22.4 Å².